The van der Waals surface area contributed by atoms with E-state index in [9.17, 15) is 4.79 Å². The number of ether oxygens (including phenoxy) is 1. The number of aromatic nitrogens is 1. The Kier molecular flexibility index (Phi) is 3.40. The van der Waals surface area contributed by atoms with Gasteiger partial charge in [0.25, 0.3) is 0 Å². The van der Waals surface area contributed by atoms with Gasteiger partial charge in [0.2, 0.25) is 0 Å². The van der Waals surface area contributed by atoms with Crippen LogP contribution in [-0.2, 0) is 0 Å². The van der Waals surface area contributed by atoms with Crippen molar-refractivity contribution in [3.63, 3.8) is 0 Å². The number of aryl methyl sites for hydroxylation is 1. The van der Waals surface area contributed by atoms with Crippen LogP contribution >= 0.6 is 0 Å². The summed E-state index contributed by atoms with van der Waals surface area (Å²) >= 11 is 0. The van der Waals surface area contributed by atoms with Crippen LogP contribution in [0, 0.1) is 6.92 Å². The molecule has 1 heterocycles. The number of pyridine rings is 1. The van der Waals surface area contributed by atoms with Gasteiger partial charge >= 0.3 is 0 Å². The Labute approximate surface area is 123 Å². The van der Waals surface area contributed by atoms with Crippen molar-refractivity contribution in [1.29, 1.82) is 0 Å². The van der Waals surface area contributed by atoms with E-state index in [0.717, 1.165) is 16.3 Å². The SMILES string of the molecule is COc1ccc(C)cc1C(=O)c1cncc2ccccc12. The van der Waals surface area contributed by atoms with Gasteiger partial charge in [0, 0.05) is 23.3 Å². The summed E-state index contributed by atoms with van der Waals surface area (Å²) in [6.45, 7) is 1.96. The van der Waals surface area contributed by atoms with E-state index in [1.807, 2.05) is 49.4 Å². The fraction of sp³-hybridized carbons (Fsp3) is 0.111. The molecule has 0 saturated heterocycles. The minimum absolute atomic E-state index is 0.0696. The highest BCUT2D eigenvalue weighted by Crippen LogP contribution is 2.26. The second-order valence-electron chi connectivity index (χ2n) is 4.94. The van der Waals surface area contributed by atoms with E-state index in [0.29, 0.717) is 16.9 Å². The minimum Gasteiger partial charge on any atom is -0.496 e. The van der Waals surface area contributed by atoms with Crippen molar-refractivity contribution >= 4 is 16.6 Å². The first kappa shape index (κ1) is 13.3. The molecule has 104 valence electrons. The molecule has 1 aromatic heterocycles. The van der Waals surface area contributed by atoms with E-state index in [-0.39, 0.29) is 5.78 Å². The molecular weight excluding hydrogens is 262 g/mol. The molecule has 0 aliphatic heterocycles. The standard InChI is InChI=1S/C18H15NO2/c1-12-7-8-17(21-2)15(9-12)18(20)16-11-19-10-13-5-3-4-6-14(13)16/h3-11H,1-2H3. The van der Waals surface area contributed by atoms with Gasteiger partial charge in [0.05, 0.1) is 12.7 Å². The number of hydrogen-bond donors (Lipinski definition) is 0. The lowest BCUT2D eigenvalue weighted by Crippen LogP contribution is -2.05. The Morgan fingerprint density at radius 1 is 1.05 bits per heavy atom. The largest absolute Gasteiger partial charge is 0.496 e. The molecule has 2 aromatic carbocycles. The van der Waals surface area contributed by atoms with Gasteiger partial charge < -0.3 is 4.74 Å². The molecule has 0 aliphatic rings. The average Bonchev–Trinajstić information content (AvgIpc) is 2.53. The summed E-state index contributed by atoms with van der Waals surface area (Å²) in [6, 6.07) is 13.3. The lowest BCUT2D eigenvalue weighted by molar-refractivity contribution is 0.103. The summed E-state index contributed by atoms with van der Waals surface area (Å²) in [7, 11) is 1.57. The highest BCUT2D eigenvalue weighted by Gasteiger charge is 2.17. The number of fused-ring (bicyclic) bond motifs is 1. The van der Waals surface area contributed by atoms with E-state index >= 15 is 0 Å². The normalized spacial score (nSPS) is 10.6. The maximum Gasteiger partial charge on any atom is 0.198 e. The van der Waals surface area contributed by atoms with E-state index in [2.05, 4.69) is 4.98 Å². The van der Waals surface area contributed by atoms with Gasteiger partial charge in [0.1, 0.15) is 5.75 Å². The summed E-state index contributed by atoms with van der Waals surface area (Å²) < 4.78 is 5.31. The topological polar surface area (TPSA) is 39.2 Å². The number of benzene rings is 2. The van der Waals surface area contributed by atoms with Crippen molar-refractivity contribution < 1.29 is 9.53 Å². The van der Waals surface area contributed by atoms with Crippen molar-refractivity contribution in [2.75, 3.05) is 7.11 Å². The maximum absolute atomic E-state index is 12.9. The zero-order valence-corrected chi connectivity index (χ0v) is 12.0. The molecule has 3 rings (SSSR count). The van der Waals surface area contributed by atoms with Crippen LogP contribution < -0.4 is 4.74 Å². The number of hydrogen-bond acceptors (Lipinski definition) is 3. The van der Waals surface area contributed by atoms with Crippen molar-refractivity contribution in [1.82, 2.24) is 4.98 Å². The molecule has 3 aromatic rings. The Balaban J connectivity index is 2.20. The molecule has 3 nitrogen and oxygen atoms in total. The molecule has 0 amide bonds. The number of carbonyl (C=O) groups excluding carboxylic acids is 1. The molecule has 3 heteroatoms. The van der Waals surface area contributed by atoms with Gasteiger partial charge in [0.15, 0.2) is 5.78 Å². The van der Waals surface area contributed by atoms with E-state index in [1.54, 1.807) is 19.5 Å². The summed E-state index contributed by atoms with van der Waals surface area (Å²) in [4.78, 5) is 17.0. The molecule has 0 bridgehead atoms. The van der Waals surface area contributed by atoms with E-state index in [4.69, 9.17) is 4.74 Å². The monoisotopic (exact) mass is 277 g/mol. The van der Waals surface area contributed by atoms with Gasteiger partial charge in [-0.1, -0.05) is 35.9 Å². The second kappa shape index (κ2) is 5.37. The van der Waals surface area contributed by atoms with Crippen molar-refractivity contribution in [3.05, 3.63) is 71.5 Å². The lowest BCUT2D eigenvalue weighted by Gasteiger charge is -2.10. The highest BCUT2D eigenvalue weighted by atomic mass is 16.5. The van der Waals surface area contributed by atoms with Gasteiger partial charge in [-0.15, -0.1) is 0 Å². The van der Waals surface area contributed by atoms with Crippen LogP contribution in [-0.4, -0.2) is 17.9 Å². The van der Waals surface area contributed by atoms with Gasteiger partial charge in [-0.05, 0) is 24.4 Å². The van der Waals surface area contributed by atoms with Crippen LogP contribution in [0.2, 0.25) is 0 Å². The fourth-order valence-corrected chi connectivity index (χ4v) is 2.44. The fourth-order valence-electron chi connectivity index (χ4n) is 2.44. The highest BCUT2D eigenvalue weighted by molar-refractivity contribution is 6.17. The van der Waals surface area contributed by atoms with Gasteiger partial charge in [-0.25, -0.2) is 0 Å². The Morgan fingerprint density at radius 2 is 1.86 bits per heavy atom. The number of ketones is 1. The minimum atomic E-state index is -0.0696. The second-order valence-corrected chi connectivity index (χ2v) is 4.94. The van der Waals surface area contributed by atoms with Crippen LogP contribution in [0.25, 0.3) is 10.8 Å². The maximum atomic E-state index is 12.9. The van der Waals surface area contributed by atoms with Crippen molar-refractivity contribution in [2.24, 2.45) is 0 Å². The summed E-state index contributed by atoms with van der Waals surface area (Å²) in [5, 5.41) is 1.86. The first-order chi connectivity index (χ1) is 10.2. The molecule has 0 saturated carbocycles. The molecule has 0 spiro atoms. The Morgan fingerprint density at radius 3 is 2.67 bits per heavy atom. The summed E-state index contributed by atoms with van der Waals surface area (Å²) in [5.74, 6) is 0.512. The van der Waals surface area contributed by atoms with Gasteiger partial charge in [-0.3, -0.25) is 9.78 Å². The quantitative estimate of drug-likeness (QED) is 0.684. The third-order valence-electron chi connectivity index (χ3n) is 3.51. The van der Waals surface area contributed by atoms with E-state index in [1.165, 1.54) is 0 Å². The summed E-state index contributed by atoms with van der Waals surface area (Å²) in [6.07, 6.45) is 3.38. The molecule has 21 heavy (non-hydrogen) atoms. The van der Waals surface area contributed by atoms with Crippen molar-refractivity contribution in [3.8, 4) is 5.75 Å². The average molecular weight is 277 g/mol. The Bertz CT molecular complexity index is 819. The molecule has 0 atom stereocenters. The first-order valence-corrected chi connectivity index (χ1v) is 6.73. The lowest BCUT2D eigenvalue weighted by atomic mass is 9.98. The van der Waals surface area contributed by atoms with Crippen molar-refractivity contribution in [2.45, 2.75) is 6.92 Å². The third-order valence-corrected chi connectivity index (χ3v) is 3.51. The van der Waals surface area contributed by atoms with Crippen LogP contribution in [0.3, 0.4) is 0 Å². The summed E-state index contributed by atoms with van der Waals surface area (Å²) in [5.41, 5.74) is 2.18. The molecule has 0 aliphatic carbocycles. The zero-order valence-electron chi connectivity index (χ0n) is 12.0. The number of rotatable bonds is 3. The molecule has 0 unspecified atom stereocenters. The van der Waals surface area contributed by atoms with E-state index < -0.39 is 0 Å². The van der Waals surface area contributed by atoms with Crippen LogP contribution in [0.4, 0.5) is 0 Å². The molecular formula is C18H15NO2. The number of carbonyl (C=O) groups is 1. The first-order valence-electron chi connectivity index (χ1n) is 6.73. The molecule has 0 N–H and O–H groups in total. The Hall–Kier alpha value is -2.68. The van der Waals surface area contributed by atoms with Crippen LogP contribution in [0.1, 0.15) is 21.5 Å². The molecule has 0 radical (unpaired) electrons. The number of nitrogens with zero attached hydrogens (tertiary/aromatic N) is 1. The predicted octanol–water partition coefficient (Wildman–Crippen LogP) is 3.78. The predicted molar refractivity (Wildman–Crippen MR) is 82.9 cm³/mol. The van der Waals surface area contributed by atoms with Gasteiger partial charge in [-0.2, -0.15) is 0 Å². The third kappa shape index (κ3) is 2.38. The van der Waals surface area contributed by atoms with Crippen LogP contribution in [0.15, 0.2) is 54.9 Å². The van der Waals surface area contributed by atoms with Crippen LogP contribution in [0.5, 0.6) is 5.75 Å². The number of methoxy groups -OCH3 is 1. The molecule has 0 fully saturated rings. The zero-order chi connectivity index (χ0) is 14.8. The smallest absolute Gasteiger partial charge is 0.198 e.